The van der Waals surface area contributed by atoms with E-state index in [1.165, 1.54) is 17.0 Å². The van der Waals surface area contributed by atoms with E-state index in [1.807, 2.05) is 0 Å². The monoisotopic (exact) mass is 353 g/mol. The number of alkyl halides is 3. The maximum Gasteiger partial charge on any atom is 0.418 e. The minimum Gasteiger partial charge on any atom is -0.480 e. The first-order valence-corrected chi connectivity index (χ1v) is 6.58. The van der Waals surface area contributed by atoms with Gasteiger partial charge in [-0.05, 0) is 39.0 Å². The van der Waals surface area contributed by atoms with Gasteiger partial charge >= 0.3 is 12.1 Å². The molecular formula is C13H15BrF3NO2. The molecule has 3 nitrogen and oxygen atoms in total. The quantitative estimate of drug-likeness (QED) is 0.886. The van der Waals surface area contributed by atoms with Crippen LogP contribution in [0.2, 0.25) is 0 Å². The standard InChI is InChI=1S/C13H15BrF3NO2/c1-12(2,3)18(7-11(19)20)10-6-8(14)4-5-9(10)13(15,16)17/h4-6H,7H2,1-3H3,(H,19,20). The molecule has 0 bridgehead atoms. The molecule has 7 heteroatoms. The molecule has 1 N–H and O–H groups in total. The average molecular weight is 354 g/mol. The highest BCUT2D eigenvalue weighted by Crippen LogP contribution is 2.40. The first-order chi connectivity index (χ1) is 8.93. The first kappa shape index (κ1) is 16.8. The number of aliphatic carboxylic acids is 1. The molecule has 1 aromatic rings. The third kappa shape index (κ3) is 4.13. The molecule has 0 aliphatic carbocycles. The van der Waals surface area contributed by atoms with Crippen LogP contribution in [0.4, 0.5) is 18.9 Å². The van der Waals surface area contributed by atoms with Gasteiger partial charge < -0.3 is 10.0 Å². The van der Waals surface area contributed by atoms with Crippen molar-refractivity contribution < 1.29 is 23.1 Å². The second-order valence-corrected chi connectivity index (χ2v) is 6.23. The van der Waals surface area contributed by atoms with Gasteiger partial charge in [0.2, 0.25) is 0 Å². The molecule has 0 unspecified atom stereocenters. The van der Waals surface area contributed by atoms with Gasteiger partial charge in [0.15, 0.2) is 0 Å². The van der Waals surface area contributed by atoms with Crippen molar-refractivity contribution >= 4 is 27.6 Å². The molecule has 0 aliphatic heterocycles. The van der Waals surface area contributed by atoms with Gasteiger partial charge in [0.25, 0.3) is 0 Å². The number of nitrogens with zero attached hydrogens (tertiary/aromatic N) is 1. The number of carboxylic acid groups (broad SMARTS) is 1. The van der Waals surface area contributed by atoms with Gasteiger partial charge in [-0.2, -0.15) is 13.2 Å². The first-order valence-electron chi connectivity index (χ1n) is 5.79. The predicted molar refractivity (Wildman–Crippen MR) is 73.9 cm³/mol. The van der Waals surface area contributed by atoms with Crippen molar-refractivity contribution in [2.45, 2.75) is 32.5 Å². The zero-order chi connectivity index (χ0) is 15.7. The van der Waals surface area contributed by atoms with Crippen LogP contribution in [0, 0.1) is 0 Å². The minimum absolute atomic E-state index is 0.151. The van der Waals surface area contributed by atoms with Crippen LogP contribution in [0.3, 0.4) is 0 Å². The van der Waals surface area contributed by atoms with Crippen LogP contribution in [-0.4, -0.2) is 23.2 Å². The van der Waals surface area contributed by atoms with Crippen molar-refractivity contribution in [2.24, 2.45) is 0 Å². The lowest BCUT2D eigenvalue weighted by Gasteiger charge is -2.38. The Morgan fingerprint density at radius 3 is 2.25 bits per heavy atom. The fraction of sp³-hybridized carbons (Fsp3) is 0.462. The minimum atomic E-state index is -4.54. The molecule has 0 amide bonds. The van der Waals surface area contributed by atoms with Crippen LogP contribution in [0.25, 0.3) is 0 Å². The molecule has 0 spiro atoms. The third-order valence-corrected chi connectivity index (χ3v) is 3.15. The number of hydrogen-bond donors (Lipinski definition) is 1. The van der Waals surface area contributed by atoms with Gasteiger partial charge in [0, 0.05) is 10.0 Å². The molecule has 0 aromatic heterocycles. The van der Waals surface area contributed by atoms with Gasteiger partial charge in [-0.1, -0.05) is 15.9 Å². The van der Waals surface area contributed by atoms with Crippen LogP contribution in [0.1, 0.15) is 26.3 Å². The van der Waals surface area contributed by atoms with E-state index in [9.17, 15) is 18.0 Å². The van der Waals surface area contributed by atoms with Crippen molar-refractivity contribution in [2.75, 3.05) is 11.4 Å². The number of carboxylic acids is 1. The van der Waals surface area contributed by atoms with E-state index < -0.39 is 29.8 Å². The number of anilines is 1. The molecular weight excluding hydrogens is 339 g/mol. The lowest BCUT2D eigenvalue weighted by molar-refractivity contribution is -0.138. The fourth-order valence-electron chi connectivity index (χ4n) is 1.79. The Morgan fingerprint density at radius 2 is 1.85 bits per heavy atom. The molecule has 0 aliphatic rings. The normalized spacial score (nSPS) is 12.3. The SMILES string of the molecule is CC(C)(C)N(CC(=O)O)c1cc(Br)ccc1C(F)(F)F. The summed E-state index contributed by atoms with van der Waals surface area (Å²) in [5.41, 5.74) is -1.77. The molecule has 0 saturated heterocycles. The van der Waals surface area contributed by atoms with E-state index in [1.54, 1.807) is 20.8 Å². The molecule has 0 saturated carbocycles. The van der Waals surface area contributed by atoms with Crippen molar-refractivity contribution in [1.29, 1.82) is 0 Å². The van der Waals surface area contributed by atoms with Crippen molar-refractivity contribution in [3.63, 3.8) is 0 Å². The molecule has 0 fully saturated rings. The molecule has 1 aromatic carbocycles. The van der Waals surface area contributed by atoms with Crippen LogP contribution in [-0.2, 0) is 11.0 Å². The van der Waals surface area contributed by atoms with Crippen LogP contribution in [0.15, 0.2) is 22.7 Å². The summed E-state index contributed by atoms with van der Waals surface area (Å²) in [5.74, 6) is -1.19. The van der Waals surface area contributed by atoms with E-state index >= 15 is 0 Å². The Balaban J connectivity index is 3.46. The van der Waals surface area contributed by atoms with Gasteiger partial charge in [-0.25, -0.2) is 0 Å². The van der Waals surface area contributed by atoms with Crippen LogP contribution >= 0.6 is 15.9 Å². The molecule has 0 atom stereocenters. The van der Waals surface area contributed by atoms with Crippen molar-refractivity contribution in [1.82, 2.24) is 0 Å². The number of rotatable bonds is 3. The Hall–Kier alpha value is -1.24. The molecule has 0 radical (unpaired) electrons. The maximum atomic E-state index is 13.1. The highest BCUT2D eigenvalue weighted by atomic mass is 79.9. The summed E-state index contributed by atoms with van der Waals surface area (Å²) in [4.78, 5) is 12.2. The molecule has 112 valence electrons. The number of hydrogen-bond acceptors (Lipinski definition) is 2. The number of carbonyl (C=O) groups is 1. The van der Waals surface area contributed by atoms with Gasteiger partial charge in [-0.3, -0.25) is 4.79 Å². The second-order valence-electron chi connectivity index (χ2n) is 5.31. The highest BCUT2D eigenvalue weighted by Gasteiger charge is 2.37. The average Bonchev–Trinajstić information content (AvgIpc) is 2.22. The zero-order valence-electron chi connectivity index (χ0n) is 11.3. The van der Waals surface area contributed by atoms with Gasteiger partial charge in [-0.15, -0.1) is 0 Å². The third-order valence-electron chi connectivity index (χ3n) is 2.66. The summed E-state index contributed by atoms with van der Waals surface area (Å²) in [6.07, 6.45) is -4.54. The fourth-order valence-corrected chi connectivity index (χ4v) is 2.14. The highest BCUT2D eigenvalue weighted by molar-refractivity contribution is 9.10. The Labute approximate surface area is 123 Å². The lowest BCUT2D eigenvalue weighted by atomic mass is 10.0. The van der Waals surface area contributed by atoms with E-state index in [-0.39, 0.29) is 5.69 Å². The van der Waals surface area contributed by atoms with E-state index in [0.29, 0.717) is 4.47 Å². The smallest absolute Gasteiger partial charge is 0.418 e. The topological polar surface area (TPSA) is 40.5 Å². The van der Waals surface area contributed by atoms with E-state index in [2.05, 4.69) is 15.9 Å². The lowest BCUT2D eigenvalue weighted by Crippen LogP contribution is -2.45. The molecule has 1 rings (SSSR count). The summed E-state index contributed by atoms with van der Waals surface area (Å²) >= 11 is 3.12. The summed E-state index contributed by atoms with van der Waals surface area (Å²) in [7, 11) is 0. The zero-order valence-corrected chi connectivity index (χ0v) is 12.8. The van der Waals surface area contributed by atoms with Crippen molar-refractivity contribution in [3.8, 4) is 0 Å². The van der Waals surface area contributed by atoms with Gasteiger partial charge in [0.05, 0.1) is 11.3 Å². The second kappa shape index (κ2) is 5.63. The number of benzene rings is 1. The summed E-state index contributed by atoms with van der Waals surface area (Å²) < 4.78 is 39.7. The van der Waals surface area contributed by atoms with E-state index in [0.717, 1.165) is 6.07 Å². The van der Waals surface area contributed by atoms with Crippen LogP contribution < -0.4 is 4.90 Å². The summed E-state index contributed by atoms with van der Waals surface area (Å²) in [5, 5.41) is 8.94. The molecule has 0 heterocycles. The van der Waals surface area contributed by atoms with Crippen molar-refractivity contribution in [3.05, 3.63) is 28.2 Å². The maximum absolute atomic E-state index is 13.1. The predicted octanol–water partition coefficient (Wildman–Crippen LogP) is 4.16. The van der Waals surface area contributed by atoms with Crippen LogP contribution in [0.5, 0.6) is 0 Å². The summed E-state index contributed by atoms with van der Waals surface area (Å²) in [6, 6.07) is 3.52. The number of halogens is 4. The Kier molecular flexibility index (Phi) is 4.74. The largest absolute Gasteiger partial charge is 0.480 e. The Bertz CT molecular complexity index is 509. The Morgan fingerprint density at radius 1 is 1.30 bits per heavy atom. The molecule has 20 heavy (non-hydrogen) atoms. The van der Waals surface area contributed by atoms with E-state index in [4.69, 9.17) is 5.11 Å². The van der Waals surface area contributed by atoms with Gasteiger partial charge in [0.1, 0.15) is 6.54 Å². The summed E-state index contributed by atoms with van der Waals surface area (Å²) in [6.45, 7) is 4.48.